The summed E-state index contributed by atoms with van der Waals surface area (Å²) in [4.78, 5) is 39.3. The van der Waals surface area contributed by atoms with Crippen LogP contribution >= 0.6 is 0 Å². The summed E-state index contributed by atoms with van der Waals surface area (Å²) in [6.07, 6.45) is 6.39. The number of nitrogens with two attached hydrogens (primary N) is 1. The van der Waals surface area contributed by atoms with Crippen molar-refractivity contribution >= 4 is 23.7 Å². The molecule has 0 saturated heterocycles. The first-order chi connectivity index (χ1) is 13.2. The minimum atomic E-state index is -1.08. The van der Waals surface area contributed by atoms with Crippen molar-refractivity contribution in [2.45, 2.75) is 83.8 Å². The number of hydrogen-bond acceptors (Lipinski definition) is 6. The lowest BCUT2D eigenvalue weighted by molar-refractivity contribution is -0.143. The molecule has 6 N–H and O–H groups in total. The summed E-state index contributed by atoms with van der Waals surface area (Å²) < 4.78 is 0. The SMILES string of the molecule is CC(C)C(NC(=O)[C@H](C)NC(=O)CCCCCCCC1CN=C(N)N1)C(=O)O. The number of unbranched alkanes of at least 4 members (excludes halogenated alkanes) is 4. The number of hydrogen-bond donors (Lipinski definition) is 5. The Morgan fingerprint density at radius 3 is 2.36 bits per heavy atom. The minimum absolute atomic E-state index is 0.193. The second-order valence-electron chi connectivity index (χ2n) is 7.73. The molecular formula is C19H35N5O4. The molecule has 1 aliphatic heterocycles. The molecule has 2 amide bonds. The van der Waals surface area contributed by atoms with E-state index >= 15 is 0 Å². The average molecular weight is 398 g/mol. The molecule has 9 nitrogen and oxygen atoms in total. The third-order valence-electron chi connectivity index (χ3n) is 4.79. The maximum atomic E-state index is 12.1. The molecule has 3 atom stereocenters. The number of carbonyl (C=O) groups excluding carboxylic acids is 2. The monoisotopic (exact) mass is 397 g/mol. The first-order valence-electron chi connectivity index (χ1n) is 10.1. The molecule has 1 rings (SSSR count). The van der Waals surface area contributed by atoms with Crippen molar-refractivity contribution in [2.75, 3.05) is 6.54 Å². The van der Waals surface area contributed by atoms with Gasteiger partial charge in [0.1, 0.15) is 12.1 Å². The van der Waals surface area contributed by atoms with Crippen LogP contribution in [0.2, 0.25) is 0 Å². The lowest BCUT2D eigenvalue weighted by atomic mass is 10.0. The molecule has 0 spiro atoms. The fourth-order valence-electron chi connectivity index (χ4n) is 3.05. The second kappa shape index (κ2) is 12.2. The fraction of sp³-hybridized carbons (Fsp3) is 0.789. The van der Waals surface area contributed by atoms with Crippen LogP contribution in [0.3, 0.4) is 0 Å². The van der Waals surface area contributed by atoms with E-state index in [4.69, 9.17) is 10.8 Å². The highest BCUT2D eigenvalue weighted by molar-refractivity contribution is 5.90. The molecule has 1 aliphatic rings. The van der Waals surface area contributed by atoms with Crippen LogP contribution in [-0.2, 0) is 14.4 Å². The lowest BCUT2D eigenvalue weighted by Crippen LogP contribution is -2.52. The van der Waals surface area contributed by atoms with Crippen LogP contribution in [0.15, 0.2) is 4.99 Å². The molecule has 1 heterocycles. The van der Waals surface area contributed by atoms with Gasteiger partial charge >= 0.3 is 5.97 Å². The van der Waals surface area contributed by atoms with Gasteiger partial charge in [0.15, 0.2) is 5.96 Å². The number of carboxylic acid groups (broad SMARTS) is 1. The number of aliphatic carboxylic acids is 1. The molecule has 0 fully saturated rings. The number of carbonyl (C=O) groups is 3. The van der Waals surface area contributed by atoms with Crippen LogP contribution in [0.1, 0.15) is 65.7 Å². The van der Waals surface area contributed by atoms with E-state index in [0.717, 1.165) is 45.1 Å². The highest BCUT2D eigenvalue weighted by Gasteiger charge is 2.26. The number of nitrogens with one attached hydrogen (secondary N) is 3. The Morgan fingerprint density at radius 2 is 1.79 bits per heavy atom. The summed E-state index contributed by atoms with van der Waals surface area (Å²) >= 11 is 0. The van der Waals surface area contributed by atoms with E-state index in [1.54, 1.807) is 20.8 Å². The third-order valence-corrected chi connectivity index (χ3v) is 4.79. The molecule has 0 aromatic carbocycles. The van der Waals surface area contributed by atoms with Gasteiger partial charge in [-0.05, 0) is 25.7 Å². The van der Waals surface area contributed by atoms with E-state index in [1.807, 2.05) is 0 Å². The van der Waals surface area contributed by atoms with Crippen molar-refractivity contribution < 1.29 is 19.5 Å². The largest absolute Gasteiger partial charge is 0.480 e. The Labute approximate surface area is 166 Å². The summed E-state index contributed by atoms with van der Waals surface area (Å²) in [5.74, 6) is -1.47. The first-order valence-corrected chi connectivity index (χ1v) is 10.1. The molecular weight excluding hydrogens is 362 g/mol. The summed E-state index contributed by atoms with van der Waals surface area (Å²) in [6, 6.07) is -1.37. The Morgan fingerprint density at radius 1 is 1.14 bits per heavy atom. The van der Waals surface area contributed by atoms with Crippen LogP contribution in [0.25, 0.3) is 0 Å². The van der Waals surface area contributed by atoms with Crippen LogP contribution in [0, 0.1) is 5.92 Å². The van der Waals surface area contributed by atoms with Crippen LogP contribution in [-0.4, -0.2) is 53.5 Å². The molecule has 0 aliphatic carbocycles. The number of carboxylic acids is 1. The third kappa shape index (κ3) is 9.05. The molecule has 2 unspecified atom stereocenters. The van der Waals surface area contributed by atoms with E-state index in [0.29, 0.717) is 18.4 Å². The van der Waals surface area contributed by atoms with Gasteiger partial charge in [-0.15, -0.1) is 0 Å². The number of aliphatic imine (C=N–C) groups is 1. The Kier molecular flexibility index (Phi) is 10.3. The van der Waals surface area contributed by atoms with Gasteiger partial charge in [0.2, 0.25) is 11.8 Å². The molecule has 28 heavy (non-hydrogen) atoms. The predicted molar refractivity (Wildman–Crippen MR) is 108 cm³/mol. The molecule has 0 saturated carbocycles. The van der Waals surface area contributed by atoms with Crippen LogP contribution < -0.4 is 21.7 Å². The molecule has 0 radical (unpaired) electrons. The van der Waals surface area contributed by atoms with Crippen molar-refractivity contribution in [1.82, 2.24) is 16.0 Å². The van der Waals surface area contributed by atoms with Gasteiger partial charge in [0, 0.05) is 12.5 Å². The van der Waals surface area contributed by atoms with E-state index in [1.165, 1.54) is 0 Å². The Balaban J connectivity index is 2.10. The number of rotatable bonds is 13. The number of guanidine groups is 1. The van der Waals surface area contributed by atoms with Crippen LogP contribution in [0.5, 0.6) is 0 Å². The first kappa shape index (κ1) is 23.7. The maximum Gasteiger partial charge on any atom is 0.326 e. The summed E-state index contributed by atoms with van der Waals surface area (Å²) in [5, 5.41) is 17.3. The smallest absolute Gasteiger partial charge is 0.326 e. The van der Waals surface area contributed by atoms with Gasteiger partial charge in [-0.1, -0.05) is 39.5 Å². The standard InChI is InChI=1S/C19H35N5O4/c1-12(2)16(18(27)28)24-17(26)13(3)22-15(25)10-8-6-4-5-7-9-14-11-21-19(20)23-14/h12-14,16H,4-11H2,1-3H3,(H,22,25)(H,24,26)(H,27,28)(H3,20,21,23)/t13-,14?,16?/m0/s1. The topological polar surface area (TPSA) is 146 Å². The van der Waals surface area contributed by atoms with Crippen molar-refractivity contribution in [3.8, 4) is 0 Å². The fourth-order valence-corrected chi connectivity index (χ4v) is 3.05. The van der Waals surface area contributed by atoms with E-state index in [2.05, 4.69) is 20.9 Å². The average Bonchev–Trinajstić information content (AvgIpc) is 3.03. The minimum Gasteiger partial charge on any atom is -0.480 e. The molecule has 9 heteroatoms. The van der Waals surface area contributed by atoms with E-state index in [-0.39, 0.29) is 11.8 Å². The summed E-state index contributed by atoms with van der Waals surface area (Å²) in [5.41, 5.74) is 5.58. The molecule has 160 valence electrons. The van der Waals surface area contributed by atoms with Gasteiger partial charge in [-0.3, -0.25) is 14.6 Å². The molecule has 0 aromatic heterocycles. The maximum absolute atomic E-state index is 12.1. The van der Waals surface area contributed by atoms with Crippen molar-refractivity contribution in [1.29, 1.82) is 0 Å². The number of nitrogens with zero attached hydrogens (tertiary/aromatic N) is 1. The molecule has 0 aromatic rings. The van der Waals surface area contributed by atoms with E-state index in [9.17, 15) is 14.4 Å². The van der Waals surface area contributed by atoms with Gasteiger partial charge in [0.25, 0.3) is 0 Å². The van der Waals surface area contributed by atoms with Crippen molar-refractivity contribution in [2.24, 2.45) is 16.6 Å². The summed E-state index contributed by atoms with van der Waals surface area (Å²) in [6.45, 7) is 5.74. The van der Waals surface area contributed by atoms with E-state index < -0.39 is 24.0 Å². The Hall–Kier alpha value is -2.32. The van der Waals surface area contributed by atoms with Gasteiger partial charge < -0.3 is 26.8 Å². The highest BCUT2D eigenvalue weighted by Crippen LogP contribution is 2.10. The number of amides is 2. The second-order valence-corrected chi connectivity index (χ2v) is 7.73. The quantitative estimate of drug-likeness (QED) is 0.290. The lowest BCUT2D eigenvalue weighted by Gasteiger charge is -2.21. The zero-order valence-corrected chi connectivity index (χ0v) is 17.2. The Bertz CT molecular complexity index is 565. The van der Waals surface area contributed by atoms with Gasteiger partial charge in [-0.25, -0.2) is 4.79 Å². The zero-order valence-electron chi connectivity index (χ0n) is 17.2. The molecule has 0 bridgehead atoms. The van der Waals surface area contributed by atoms with Crippen molar-refractivity contribution in [3.05, 3.63) is 0 Å². The predicted octanol–water partition coefficient (Wildman–Crippen LogP) is 0.734. The highest BCUT2D eigenvalue weighted by atomic mass is 16.4. The summed E-state index contributed by atoms with van der Waals surface area (Å²) in [7, 11) is 0. The van der Waals surface area contributed by atoms with Crippen molar-refractivity contribution in [3.63, 3.8) is 0 Å². The zero-order chi connectivity index (χ0) is 21.1. The van der Waals surface area contributed by atoms with Gasteiger partial charge in [0.05, 0.1) is 6.54 Å². The normalized spacial score (nSPS) is 18.1. The van der Waals surface area contributed by atoms with Gasteiger partial charge in [-0.2, -0.15) is 0 Å². The van der Waals surface area contributed by atoms with Crippen LogP contribution in [0.4, 0.5) is 0 Å².